The highest BCUT2D eigenvalue weighted by atomic mass is 16.7. The van der Waals surface area contributed by atoms with E-state index in [0.717, 1.165) is 5.56 Å². The molecule has 0 saturated carbocycles. The Morgan fingerprint density at radius 3 is 2.24 bits per heavy atom. The summed E-state index contributed by atoms with van der Waals surface area (Å²) in [7, 11) is 0. The van der Waals surface area contributed by atoms with E-state index in [1.54, 1.807) is 6.07 Å². The Morgan fingerprint density at radius 2 is 1.59 bits per heavy atom. The second kappa shape index (κ2) is 9.51. The highest BCUT2D eigenvalue weighted by Gasteiger charge is 2.46. The fourth-order valence-corrected chi connectivity index (χ4v) is 3.11. The molecular formula is C20H25NO8. The molecule has 0 unspecified atom stereocenters. The lowest BCUT2D eigenvalue weighted by atomic mass is 9.98. The van der Waals surface area contributed by atoms with Crippen LogP contribution in [0.25, 0.3) is 0 Å². The lowest BCUT2D eigenvalue weighted by Gasteiger charge is -2.43. The van der Waals surface area contributed by atoms with Crippen LogP contribution in [0.4, 0.5) is 0 Å². The van der Waals surface area contributed by atoms with Crippen LogP contribution >= 0.6 is 0 Å². The number of aliphatic hydroxyl groups is 4. The molecule has 2 aromatic rings. The predicted molar refractivity (Wildman–Crippen MR) is 100 cm³/mol. The largest absolute Gasteiger partial charge is 0.504 e. The second-order valence-corrected chi connectivity index (χ2v) is 6.88. The highest BCUT2D eigenvalue weighted by molar-refractivity contribution is 5.40. The molecule has 0 aliphatic carbocycles. The smallest absolute Gasteiger partial charge is 0.162 e. The van der Waals surface area contributed by atoms with Crippen LogP contribution in [0, 0.1) is 0 Å². The van der Waals surface area contributed by atoms with Crippen LogP contribution in [0.2, 0.25) is 0 Å². The first-order valence-corrected chi connectivity index (χ1v) is 9.15. The van der Waals surface area contributed by atoms with E-state index in [4.69, 9.17) is 9.57 Å². The molecule has 1 fully saturated rings. The summed E-state index contributed by atoms with van der Waals surface area (Å²) in [5.41, 5.74) is 1.38. The number of rotatable bonds is 7. The maximum atomic E-state index is 10.4. The molecule has 0 radical (unpaired) electrons. The first-order chi connectivity index (χ1) is 13.9. The van der Waals surface area contributed by atoms with Crippen LogP contribution in [-0.2, 0) is 22.7 Å². The van der Waals surface area contributed by atoms with Gasteiger partial charge in [0.15, 0.2) is 17.7 Å². The number of aromatic hydroxyl groups is 2. The molecule has 6 N–H and O–H groups in total. The van der Waals surface area contributed by atoms with Gasteiger partial charge in [-0.05, 0) is 23.3 Å². The molecule has 29 heavy (non-hydrogen) atoms. The summed E-state index contributed by atoms with van der Waals surface area (Å²) < 4.78 is 5.59. The van der Waals surface area contributed by atoms with Gasteiger partial charge in [-0.25, -0.2) is 0 Å². The number of benzene rings is 2. The topological polar surface area (TPSA) is 143 Å². The van der Waals surface area contributed by atoms with Crippen LogP contribution in [-0.4, -0.2) is 73.0 Å². The van der Waals surface area contributed by atoms with E-state index in [0.29, 0.717) is 5.56 Å². The minimum atomic E-state index is -1.55. The molecule has 0 spiro atoms. The molecular weight excluding hydrogens is 382 g/mol. The summed E-state index contributed by atoms with van der Waals surface area (Å²) in [5.74, 6) is -0.599. The SMILES string of the molecule is OC[C@H]1O[C@@H](N(Cc2ccc(O)c(O)c2)OCc2ccccc2)[C@H](O)[C@@H](O)[C@@H]1O. The third-order valence-corrected chi connectivity index (χ3v) is 4.77. The van der Waals surface area contributed by atoms with E-state index >= 15 is 0 Å². The molecule has 1 aliphatic heterocycles. The van der Waals surface area contributed by atoms with Gasteiger partial charge < -0.3 is 35.4 Å². The molecule has 9 nitrogen and oxygen atoms in total. The number of hydrogen-bond acceptors (Lipinski definition) is 9. The number of ether oxygens (including phenoxy) is 1. The Bertz CT molecular complexity index is 787. The molecule has 5 atom stereocenters. The van der Waals surface area contributed by atoms with Gasteiger partial charge in [-0.1, -0.05) is 36.4 Å². The van der Waals surface area contributed by atoms with Gasteiger partial charge in [0.2, 0.25) is 0 Å². The molecule has 3 rings (SSSR count). The Labute approximate surface area is 167 Å². The maximum absolute atomic E-state index is 10.4. The first kappa shape index (κ1) is 21.5. The normalized spacial score (nSPS) is 27.3. The molecule has 1 heterocycles. The van der Waals surface area contributed by atoms with Crippen molar-refractivity contribution in [1.82, 2.24) is 5.06 Å². The number of aliphatic hydroxyl groups excluding tert-OH is 4. The van der Waals surface area contributed by atoms with Crippen molar-refractivity contribution in [2.45, 2.75) is 43.8 Å². The van der Waals surface area contributed by atoms with Gasteiger partial charge in [0.1, 0.15) is 24.4 Å². The van der Waals surface area contributed by atoms with E-state index in [1.807, 2.05) is 30.3 Å². The lowest BCUT2D eigenvalue weighted by Crippen LogP contribution is -2.62. The Kier molecular flexibility index (Phi) is 7.04. The summed E-state index contributed by atoms with van der Waals surface area (Å²) >= 11 is 0. The average molecular weight is 407 g/mol. The van der Waals surface area contributed by atoms with E-state index < -0.39 is 37.3 Å². The van der Waals surface area contributed by atoms with Crippen molar-refractivity contribution in [2.24, 2.45) is 0 Å². The zero-order chi connectivity index (χ0) is 21.0. The summed E-state index contributed by atoms with van der Waals surface area (Å²) in [6.07, 6.45) is -6.85. The van der Waals surface area contributed by atoms with Crippen molar-refractivity contribution < 1.29 is 40.2 Å². The zero-order valence-corrected chi connectivity index (χ0v) is 15.6. The predicted octanol–water partition coefficient (Wildman–Crippen LogP) is -0.169. The van der Waals surface area contributed by atoms with Gasteiger partial charge in [-0.2, -0.15) is 5.06 Å². The fourth-order valence-electron chi connectivity index (χ4n) is 3.11. The minimum Gasteiger partial charge on any atom is -0.504 e. The Morgan fingerprint density at radius 1 is 0.862 bits per heavy atom. The van der Waals surface area contributed by atoms with E-state index in [9.17, 15) is 30.6 Å². The van der Waals surface area contributed by atoms with Crippen LogP contribution in [0.5, 0.6) is 11.5 Å². The molecule has 9 heteroatoms. The lowest BCUT2D eigenvalue weighted by molar-refractivity contribution is -0.342. The number of nitrogens with zero attached hydrogens (tertiary/aromatic N) is 1. The fraction of sp³-hybridized carbons (Fsp3) is 0.400. The number of phenolic OH excluding ortho intramolecular Hbond substituents is 2. The first-order valence-electron chi connectivity index (χ1n) is 9.15. The third-order valence-electron chi connectivity index (χ3n) is 4.77. The van der Waals surface area contributed by atoms with Crippen LogP contribution in [0.15, 0.2) is 48.5 Å². The van der Waals surface area contributed by atoms with Crippen LogP contribution in [0.3, 0.4) is 0 Å². The van der Waals surface area contributed by atoms with Gasteiger partial charge in [0.25, 0.3) is 0 Å². The molecule has 0 amide bonds. The molecule has 1 saturated heterocycles. The summed E-state index contributed by atoms with van der Waals surface area (Å²) in [4.78, 5) is 5.82. The number of phenols is 2. The Balaban J connectivity index is 1.83. The van der Waals surface area contributed by atoms with Crippen LogP contribution in [0.1, 0.15) is 11.1 Å². The van der Waals surface area contributed by atoms with Gasteiger partial charge in [-0.3, -0.25) is 4.84 Å². The maximum Gasteiger partial charge on any atom is 0.162 e. The molecule has 2 aromatic carbocycles. The van der Waals surface area contributed by atoms with E-state index in [2.05, 4.69) is 0 Å². The van der Waals surface area contributed by atoms with Gasteiger partial charge >= 0.3 is 0 Å². The molecule has 158 valence electrons. The number of hydroxylamine groups is 2. The van der Waals surface area contributed by atoms with Crippen molar-refractivity contribution in [3.63, 3.8) is 0 Å². The number of hydrogen-bond donors (Lipinski definition) is 6. The average Bonchev–Trinajstić information content (AvgIpc) is 2.73. The third kappa shape index (κ3) is 5.03. The summed E-state index contributed by atoms with van der Waals surface area (Å²) in [6.45, 7) is -0.419. The van der Waals surface area contributed by atoms with Gasteiger partial charge in [0, 0.05) is 0 Å². The highest BCUT2D eigenvalue weighted by Crippen LogP contribution is 2.29. The standard InChI is InChI=1S/C20H25NO8/c22-10-16-17(25)18(26)19(27)20(29-16)21(28-11-12-4-2-1-3-5-12)9-13-6-7-14(23)15(24)8-13/h1-8,16-20,22-27H,9-11H2/t16-,17-,18+,19-,20-/m1/s1. The molecule has 1 aliphatic rings. The van der Waals surface area contributed by atoms with Gasteiger partial charge in [-0.15, -0.1) is 0 Å². The monoisotopic (exact) mass is 407 g/mol. The van der Waals surface area contributed by atoms with Crippen molar-refractivity contribution in [3.8, 4) is 11.5 Å². The van der Waals surface area contributed by atoms with E-state index in [1.165, 1.54) is 17.2 Å². The molecule has 0 bridgehead atoms. The van der Waals surface area contributed by atoms with E-state index in [-0.39, 0.29) is 24.7 Å². The van der Waals surface area contributed by atoms with Crippen molar-refractivity contribution >= 4 is 0 Å². The summed E-state index contributed by atoms with van der Waals surface area (Å²) in [6, 6.07) is 13.4. The van der Waals surface area contributed by atoms with Crippen molar-refractivity contribution in [2.75, 3.05) is 6.61 Å². The van der Waals surface area contributed by atoms with Crippen LogP contribution < -0.4 is 0 Å². The zero-order valence-electron chi connectivity index (χ0n) is 15.6. The minimum absolute atomic E-state index is 0.0172. The van der Waals surface area contributed by atoms with Crippen molar-refractivity contribution in [1.29, 1.82) is 0 Å². The quantitative estimate of drug-likeness (QED) is 0.272. The molecule has 0 aromatic heterocycles. The summed E-state index contributed by atoms with van der Waals surface area (Å²) in [5, 5.41) is 60.5. The van der Waals surface area contributed by atoms with Crippen molar-refractivity contribution in [3.05, 3.63) is 59.7 Å². The Hall–Kier alpha value is -2.24. The van der Waals surface area contributed by atoms with Gasteiger partial charge in [0.05, 0.1) is 19.8 Å². The second-order valence-electron chi connectivity index (χ2n) is 6.88.